The second kappa shape index (κ2) is 1.20. The largest absolute Gasteiger partial charge is 0.0622 e. The van der Waals surface area contributed by atoms with E-state index in [0.29, 0.717) is 0 Å². The van der Waals surface area contributed by atoms with Gasteiger partial charge in [0, 0.05) is 0 Å². The van der Waals surface area contributed by atoms with E-state index in [1.807, 2.05) is 0 Å². The lowest BCUT2D eigenvalue weighted by Crippen LogP contribution is -2.33. The van der Waals surface area contributed by atoms with E-state index in [4.69, 9.17) is 0 Å². The van der Waals surface area contributed by atoms with Crippen molar-refractivity contribution in [1.82, 2.24) is 0 Å². The lowest BCUT2D eigenvalue weighted by molar-refractivity contribution is 0.0817. The molecule has 0 N–H and O–H groups in total. The highest BCUT2D eigenvalue weighted by Gasteiger charge is 3.03. The van der Waals surface area contributed by atoms with Gasteiger partial charge < -0.3 is 0 Å². The van der Waals surface area contributed by atoms with Gasteiger partial charge in [0.15, 0.2) is 0 Å². The molecule has 0 bridgehead atoms. The number of rotatable bonds is 1. The second-order valence-corrected chi connectivity index (χ2v) is 5.62. The zero-order valence-electron chi connectivity index (χ0n) is 8.07. The Balaban J connectivity index is 1.99. The predicted molar refractivity (Wildman–Crippen MR) is 46.2 cm³/mol. The van der Waals surface area contributed by atoms with Gasteiger partial charge in [-0.3, -0.25) is 0 Å². The average Bonchev–Trinajstić information content (AvgIpc) is 2.43. The summed E-state index contributed by atoms with van der Waals surface area (Å²) in [6.45, 7) is 9.86. The summed E-state index contributed by atoms with van der Waals surface area (Å²) < 4.78 is 0. The van der Waals surface area contributed by atoms with Crippen LogP contribution in [0.2, 0.25) is 0 Å². The van der Waals surface area contributed by atoms with Crippen LogP contribution >= 0.6 is 0 Å². The van der Waals surface area contributed by atoms with Gasteiger partial charge in [0.1, 0.15) is 0 Å². The number of fused-ring (bicyclic) bond motifs is 1. The summed E-state index contributed by atoms with van der Waals surface area (Å²) in [5.41, 5.74) is 2.41. The molecule has 3 rings (SSSR count). The number of hydrogen-bond acceptors (Lipinski definition) is 0. The topological polar surface area (TPSA) is 0 Å². The van der Waals surface area contributed by atoms with E-state index in [0.717, 1.165) is 28.1 Å². The molecule has 11 heavy (non-hydrogen) atoms. The molecule has 0 aliphatic heterocycles. The molecule has 4 atom stereocenters. The molecule has 62 valence electrons. The second-order valence-electron chi connectivity index (χ2n) is 5.62. The molecule has 4 unspecified atom stereocenters. The van der Waals surface area contributed by atoms with Crippen molar-refractivity contribution in [2.75, 3.05) is 0 Å². The van der Waals surface area contributed by atoms with Crippen molar-refractivity contribution >= 4 is 0 Å². The van der Waals surface area contributed by atoms with Crippen LogP contribution in [0.4, 0.5) is 0 Å². The average molecular weight is 150 g/mol. The van der Waals surface area contributed by atoms with Crippen molar-refractivity contribution in [2.24, 2.45) is 28.1 Å². The Morgan fingerprint density at radius 1 is 1.27 bits per heavy atom. The van der Waals surface area contributed by atoms with E-state index in [-0.39, 0.29) is 0 Å². The van der Waals surface area contributed by atoms with Crippen LogP contribution in [0.5, 0.6) is 0 Å². The molecule has 3 aliphatic rings. The molecule has 3 fully saturated rings. The van der Waals surface area contributed by atoms with Gasteiger partial charge in [-0.15, -0.1) is 0 Å². The lowest BCUT2D eigenvalue weighted by atomic mass is 9.64. The molecule has 0 saturated heterocycles. The van der Waals surface area contributed by atoms with Crippen LogP contribution in [0.15, 0.2) is 0 Å². The van der Waals surface area contributed by atoms with Crippen LogP contribution in [-0.2, 0) is 0 Å². The molecule has 0 nitrogen and oxygen atoms in total. The van der Waals surface area contributed by atoms with E-state index in [9.17, 15) is 0 Å². The van der Waals surface area contributed by atoms with Gasteiger partial charge in [-0.05, 0) is 40.9 Å². The quantitative estimate of drug-likeness (QED) is 0.539. The third kappa shape index (κ3) is 0.290. The fourth-order valence-corrected chi connectivity index (χ4v) is 5.03. The third-order valence-corrected chi connectivity index (χ3v) is 6.06. The molecule has 0 heterocycles. The molecule has 0 radical (unpaired) electrons. The van der Waals surface area contributed by atoms with Gasteiger partial charge in [0.25, 0.3) is 0 Å². The van der Waals surface area contributed by atoms with E-state index in [1.165, 1.54) is 0 Å². The highest BCUT2D eigenvalue weighted by atomic mass is 15.1. The minimum absolute atomic E-state index is 0.739. The van der Waals surface area contributed by atoms with Crippen LogP contribution in [-0.4, -0.2) is 0 Å². The minimum atomic E-state index is 0.739. The first-order valence-electron chi connectivity index (χ1n) is 5.03. The first-order chi connectivity index (χ1) is 5.03. The van der Waals surface area contributed by atoms with Gasteiger partial charge in [0.2, 0.25) is 0 Å². The first-order valence-corrected chi connectivity index (χ1v) is 5.03. The van der Waals surface area contributed by atoms with E-state index >= 15 is 0 Å². The molecule has 0 aromatic carbocycles. The minimum Gasteiger partial charge on any atom is -0.0622 e. The highest BCUT2D eigenvalue weighted by Crippen LogP contribution is 3.08. The monoisotopic (exact) mass is 150 g/mol. The summed E-state index contributed by atoms with van der Waals surface area (Å²) in [5.74, 6) is 2.06. The van der Waals surface area contributed by atoms with Crippen molar-refractivity contribution < 1.29 is 0 Å². The molecule has 0 aromatic heterocycles. The van der Waals surface area contributed by atoms with Gasteiger partial charge >= 0.3 is 0 Å². The lowest BCUT2D eigenvalue weighted by Gasteiger charge is -2.40. The Labute approximate surface area is 69.4 Å². The van der Waals surface area contributed by atoms with Crippen LogP contribution in [0.1, 0.15) is 40.5 Å². The van der Waals surface area contributed by atoms with E-state index < -0.39 is 0 Å². The predicted octanol–water partition coefficient (Wildman–Crippen LogP) is 3.08. The number of hydrogen-bond donors (Lipinski definition) is 0. The van der Waals surface area contributed by atoms with Crippen molar-refractivity contribution in [3.8, 4) is 0 Å². The van der Waals surface area contributed by atoms with Crippen molar-refractivity contribution in [3.63, 3.8) is 0 Å². The van der Waals surface area contributed by atoms with Gasteiger partial charge in [0.05, 0.1) is 0 Å². The maximum absolute atomic E-state index is 2.53. The molecule has 0 aromatic rings. The molecular weight excluding hydrogens is 132 g/mol. The van der Waals surface area contributed by atoms with Crippen LogP contribution in [0.3, 0.4) is 0 Å². The SMILES string of the molecule is CC(C)C1(C)C2(C)C3CCC312. The fraction of sp³-hybridized carbons (Fsp3) is 1.00. The molecule has 0 heteroatoms. The Morgan fingerprint density at radius 2 is 1.91 bits per heavy atom. The van der Waals surface area contributed by atoms with E-state index in [1.54, 1.807) is 12.8 Å². The van der Waals surface area contributed by atoms with Gasteiger partial charge in [-0.25, -0.2) is 0 Å². The maximum atomic E-state index is 2.53. The van der Waals surface area contributed by atoms with Crippen LogP contribution in [0, 0.1) is 28.1 Å². The standard InChI is InChI=1S/C11H18/c1-7(2)9(3)10(4)8-5-6-11(8,9)10/h7-8H,5-6H2,1-4H3. The zero-order valence-corrected chi connectivity index (χ0v) is 8.07. The Morgan fingerprint density at radius 3 is 2.00 bits per heavy atom. The van der Waals surface area contributed by atoms with Crippen molar-refractivity contribution in [2.45, 2.75) is 40.5 Å². The van der Waals surface area contributed by atoms with Crippen LogP contribution < -0.4 is 0 Å². The van der Waals surface area contributed by atoms with Gasteiger partial charge in [-0.1, -0.05) is 27.7 Å². The summed E-state index contributed by atoms with van der Waals surface area (Å²) in [6.07, 6.45) is 3.08. The van der Waals surface area contributed by atoms with Crippen molar-refractivity contribution in [3.05, 3.63) is 0 Å². The summed E-state index contributed by atoms with van der Waals surface area (Å²) in [6, 6.07) is 0. The molecule has 3 saturated carbocycles. The molecule has 3 aliphatic carbocycles. The van der Waals surface area contributed by atoms with E-state index in [2.05, 4.69) is 27.7 Å². The Bertz CT molecular complexity index is 230. The van der Waals surface area contributed by atoms with Crippen molar-refractivity contribution in [1.29, 1.82) is 0 Å². The molecular formula is C11H18. The summed E-state index contributed by atoms with van der Waals surface area (Å²) >= 11 is 0. The smallest absolute Gasteiger partial charge is 0.0139 e. The van der Waals surface area contributed by atoms with Crippen LogP contribution in [0.25, 0.3) is 0 Å². The zero-order chi connectivity index (χ0) is 8.07. The first kappa shape index (κ1) is 6.51. The summed E-state index contributed by atoms with van der Waals surface area (Å²) in [5, 5.41) is 0. The Kier molecular flexibility index (Phi) is 0.709. The highest BCUT2D eigenvalue weighted by molar-refractivity contribution is 5.50. The maximum Gasteiger partial charge on any atom is -0.0139 e. The molecule has 0 amide bonds. The Hall–Kier alpha value is 0. The normalized spacial score (nSPS) is 70.1. The fourth-order valence-electron chi connectivity index (χ4n) is 5.03. The van der Waals surface area contributed by atoms with Gasteiger partial charge in [-0.2, -0.15) is 0 Å². The molecule has 1 spiro atoms. The third-order valence-electron chi connectivity index (χ3n) is 6.06. The summed E-state index contributed by atoms with van der Waals surface area (Å²) in [4.78, 5) is 0. The summed E-state index contributed by atoms with van der Waals surface area (Å²) in [7, 11) is 0.